The van der Waals surface area contributed by atoms with E-state index >= 15 is 0 Å². The molecule has 1 aromatic heterocycles. The third-order valence-electron chi connectivity index (χ3n) is 7.08. The molecule has 0 bridgehead atoms. The lowest BCUT2D eigenvalue weighted by Gasteiger charge is -2.37. The molecule has 5 rings (SSSR count). The average Bonchev–Trinajstić information content (AvgIpc) is 3.59. The second-order valence-corrected chi connectivity index (χ2v) is 11.2. The molecule has 0 unspecified atom stereocenters. The predicted molar refractivity (Wildman–Crippen MR) is 146 cm³/mol. The van der Waals surface area contributed by atoms with Crippen LogP contribution in [0.3, 0.4) is 0 Å². The second-order valence-electron chi connectivity index (χ2n) is 10.2. The summed E-state index contributed by atoms with van der Waals surface area (Å²) in [5.41, 5.74) is 2.17. The molecule has 0 spiro atoms. The van der Waals surface area contributed by atoms with E-state index in [2.05, 4.69) is 16.3 Å². The van der Waals surface area contributed by atoms with E-state index in [1.807, 2.05) is 35.2 Å². The first kappa shape index (κ1) is 26.8. The fourth-order valence-electron chi connectivity index (χ4n) is 5.00. The fourth-order valence-corrected chi connectivity index (χ4v) is 5.92. The first-order valence-corrected chi connectivity index (χ1v) is 14.2. The van der Waals surface area contributed by atoms with Crippen LogP contribution in [0, 0.1) is 11.7 Å². The molecule has 1 amide bonds. The number of ether oxygens (including phenoxy) is 2. The van der Waals surface area contributed by atoms with Crippen LogP contribution in [0.5, 0.6) is 5.75 Å². The molecule has 1 N–H and O–H groups in total. The van der Waals surface area contributed by atoms with E-state index in [9.17, 15) is 14.3 Å². The monoisotopic (exact) mass is 538 g/mol. The SMILES string of the molecule is O=C(CN(CC1CC1)C[C@@H](O)COCc1ccccc1)N1CCc2sccc2[C@@H]1COc1cccc(F)c1. The van der Waals surface area contributed by atoms with Crippen LogP contribution in [0.15, 0.2) is 66.0 Å². The van der Waals surface area contributed by atoms with Crippen molar-refractivity contribution in [2.75, 3.05) is 39.4 Å². The highest BCUT2D eigenvalue weighted by Gasteiger charge is 2.34. The molecule has 1 aliphatic heterocycles. The summed E-state index contributed by atoms with van der Waals surface area (Å²) in [6.45, 7) is 2.96. The van der Waals surface area contributed by atoms with E-state index in [1.54, 1.807) is 23.5 Å². The fraction of sp³-hybridized carbons (Fsp3) is 0.433. The number of hydrogen-bond acceptors (Lipinski definition) is 6. The Morgan fingerprint density at radius 2 is 2.00 bits per heavy atom. The summed E-state index contributed by atoms with van der Waals surface area (Å²) in [4.78, 5) is 18.9. The van der Waals surface area contributed by atoms with E-state index < -0.39 is 6.10 Å². The molecule has 0 saturated heterocycles. The van der Waals surface area contributed by atoms with E-state index in [0.717, 1.165) is 36.9 Å². The summed E-state index contributed by atoms with van der Waals surface area (Å²) < 4.78 is 25.4. The maximum Gasteiger partial charge on any atom is 0.237 e. The van der Waals surface area contributed by atoms with Crippen molar-refractivity contribution >= 4 is 17.2 Å². The van der Waals surface area contributed by atoms with Gasteiger partial charge >= 0.3 is 0 Å². The summed E-state index contributed by atoms with van der Waals surface area (Å²) >= 11 is 1.70. The molecule has 8 heteroatoms. The van der Waals surface area contributed by atoms with Gasteiger partial charge in [0.25, 0.3) is 0 Å². The lowest BCUT2D eigenvalue weighted by Crippen LogP contribution is -2.48. The summed E-state index contributed by atoms with van der Waals surface area (Å²) in [5, 5.41) is 12.8. The number of halogens is 1. The zero-order chi connectivity index (χ0) is 26.3. The van der Waals surface area contributed by atoms with E-state index in [-0.39, 0.29) is 37.5 Å². The van der Waals surface area contributed by atoms with Gasteiger partial charge in [0.1, 0.15) is 18.2 Å². The summed E-state index contributed by atoms with van der Waals surface area (Å²) in [6.07, 6.45) is 2.46. The van der Waals surface area contributed by atoms with Crippen molar-refractivity contribution in [2.45, 2.75) is 38.0 Å². The molecule has 0 radical (unpaired) electrons. The first-order chi connectivity index (χ1) is 18.5. The third-order valence-corrected chi connectivity index (χ3v) is 8.08. The average molecular weight is 539 g/mol. The molecule has 1 fully saturated rings. The Balaban J connectivity index is 1.20. The smallest absolute Gasteiger partial charge is 0.237 e. The molecule has 2 aromatic carbocycles. The number of benzene rings is 2. The lowest BCUT2D eigenvalue weighted by atomic mass is 10.0. The van der Waals surface area contributed by atoms with Crippen molar-refractivity contribution in [3.05, 3.63) is 87.9 Å². The van der Waals surface area contributed by atoms with Crippen LogP contribution in [0.2, 0.25) is 0 Å². The van der Waals surface area contributed by atoms with Gasteiger partial charge < -0.3 is 19.5 Å². The quantitative estimate of drug-likeness (QED) is 0.342. The van der Waals surface area contributed by atoms with Crippen molar-refractivity contribution < 1.29 is 23.8 Å². The normalized spacial score (nSPS) is 17.9. The van der Waals surface area contributed by atoms with Crippen LogP contribution in [0.1, 0.15) is 34.9 Å². The highest BCUT2D eigenvalue weighted by atomic mass is 32.1. The Hall–Kier alpha value is -2.78. The van der Waals surface area contributed by atoms with Gasteiger partial charge in [-0.2, -0.15) is 0 Å². The number of carbonyl (C=O) groups is 1. The Bertz CT molecular complexity index is 1190. The lowest BCUT2D eigenvalue weighted by molar-refractivity contribution is -0.136. The molecule has 202 valence electrons. The van der Waals surface area contributed by atoms with Crippen molar-refractivity contribution in [1.29, 1.82) is 0 Å². The van der Waals surface area contributed by atoms with E-state index in [4.69, 9.17) is 9.47 Å². The topological polar surface area (TPSA) is 62.2 Å². The van der Waals surface area contributed by atoms with Gasteiger partial charge in [-0.3, -0.25) is 9.69 Å². The van der Waals surface area contributed by atoms with Crippen LogP contribution in [0.4, 0.5) is 4.39 Å². The Labute approximate surface area is 227 Å². The van der Waals surface area contributed by atoms with Gasteiger partial charge in [-0.15, -0.1) is 11.3 Å². The Morgan fingerprint density at radius 1 is 1.16 bits per heavy atom. The van der Waals surface area contributed by atoms with Crippen molar-refractivity contribution in [3.8, 4) is 5.75 Å². The van der Waals surface area contributed by atoms with Crippen LogP contribution in [-0.2, 0) is 22.6 Å². The van der Waals surface area contributed by atoms with E-state index in [0.29, 0.717) is 31.4 Å². The molecule has 6 nitrogen and oxygen atoms in total. The Kier molecular flexibility index (Phi) is 9.06. The predicted octanol–water partition coefficient (Wildman–Crippen LogP) is 4.68. The van der Waals surface area contributed by atoms with E-state index in [1.165, 1.54) is 17.0 Å². The van der Waals surface area contributed by atoms with Crippen molar-refractivity contribution in [1.82, 2.24) is 9.80 Å². The number of aliphatic hydroxyl groups excluding tert-OH is 1. The minimum Gasteiger partial charge on any atom is -0.491 e. The zero-order valence-corrected chi connectivity index (χ0v) is 22.3. The molecule has 38 heavy (non-hydrogen) atoms. The highest BCUT2D eigenvalue weighted by molar-refractivity contribution is 7.10. The number of hydrogen-bond donors (Lipinski definition) is 1. The Morgan fingerprint density at radius 3 is 2.79 bits per heavy atom. The molecule has 2 atom stereocenters. The van der Waals surface area contributed by atoms with Gasteiger partial charge in [-0.1, -0.05) is 36.4 Å². The molecule has 2 aliphatic rings. The number of carbonyl (C=O) groups excluding carboxylic acids is 1. The van der Waals surface area contributed by atoms with Gasteiger partial charge in [0.2, 0.25) is 5.91 Å². The largest absolute Gasteiger partial charge is 0.491 e. The van der Waals surface area contributed by atoms with Gasteiger partial charge in [0, 0.05) is 30.6 Å². The van der Waals surface area contributed by atoms with Crippen molar-refractivity contribution in [2.24, 2.45) is 5.92 Å². The first-order valence-electron chi connectivity index (χ1n) is 13.3. The minimum absolute atomic E-state index is 0.0211. The molecule has 1 aliphatic carbocycles. The number of thiophene rings is 1. The van der Waals surface area contributed by atoms with Gasteiger partial charge in [-0.05, 0) is 59.9 Å². The number of rotatable bonds is 13. The highest BCUT2D eigenvalue weighted by Crippen LogP contribution is 2.34. The number of aliphatic hydroxyl groups is 1. The molecular weight excluding hydrogens is 503 g/mol. The van der Waals surface area contributed by atoms with Crippen LogP contribution in [0.25, 0.3) is 0 Å². The molecular formula is C30H35FN2O4S. The summed E-state index contributed by atoms with van der Waals surface area (Å²) in [5.74, 6) is 0.705. The minimum atomic E-state index is -0.679. The van der Waals surface area contributed by atoms with Crippen LogP contribution in [-0.4, -0.2) is 66.3 Å². The van der Waals surface area contributed by atoms with Crippen LogP contribution < -0.4 is 4.74 Å². The van der Waals surface area contributed by atoms with Gasteiger partial charge in [-0.25, -0.2) is 4.39 Å². The van der Waals surface area contributed by atoms with Crippen LogP contribution >= 0.6 is 11.3 Å². The molecule has 2 heterocycles. The third kappa shape index (κ3) is 7.41. The second kappa shape index (κ2) is 12.8. The maximum absolute atomic E-state index is 13.7. The molecule has 1 saturated carbocycles. The maximum atomic E-state index is 13.7. The van der Waals surface area contributed by atoms with Gasteiger partial charge in [0.15, 0.2) is 0 Å². The number of amides is 1. The number of nitrogens with zero attached hydrogens (tertiary/aromatic N) is 2. The van der Waals surface area contributed by atoms with Gasteiger partial charge in [0.05, 0.1) is 31.9 Å². The zero-order valence-electron chi connectivity index (χ0n) is 21.5. The van der Waals surface area contributed by atoms with Crippen molar-refractivity contribution in [3.63, 3.8) is 0 Å². The summed E-state index contributed by atoms with van der Waals surface area (Å²) in [7, 11) is 0. The molecule has 3 aromatic rings. The number of fused-ring (bicyclic) bond motifs is 1. The standard InChI is InChI=1S/C30H35FN2O4S/c31-24-7-4-8-26(15-24)37-21-28-27-12-14-38-29(27)11-13-33(28)30(35)18-32(16-22-9-10-22)17-25(34)20-36-19-23-5-2-1-3-6-23/h1-8,12,14-15,22,25,28,34H,9-11,13,16-21H2/t25-,28+/m1/s1. The summed E-state index contributed by atoms with van der Waals surface area (Å²) in [6, 6.07) is 17.8.